The number of hydrogen-bond donors (Lipinski definition) is 0. The molecule has 6 aliphatic rings. The number of aromatic nitrogens is 3. The van der Waals surface area contributed by atoms with Gasteiger partial charge in [0.25, 0.3) is 0 Å². The van der Waals surface area contributed by atoms with Gasteiger partial charge in [0.05, 0.1) is 5.41 Å². The lowest BCUT2D eigenvalue weighted by molar-refractivity contribution is -0.249. The number of allylic oxidation sites excluding steroid dienone is 1. The number of nitrogens with zero attached hydrogens (tertiary/aromatic N) is 4. The van der Waals surface area contributed by atoms with Crippen LogP contribution in [-0.4, -0.2) is 44.5 Å². The highest BCUT2D eigenvalue weighted by Crippen LogP contribution is 2.78. The van der Waals surface area contributed by atoms with Gasteiger partial charge in [0.1, 0.15) is 12.1 Å². The van der Waals surface area contributed by atoms with Crippen LogP contribution in [0.4, 0.5) is 0 Å². The molecule has 2 aromatic heterocycles. The van der Waals surface area contributed by atoms with Crippen LogP contribution in [0.15, 0.2) is 41.2 Å². The Morgan fingerprint density at radius 3 is 2.45 bits per heavy atom. The zero-order valence-corrected chi connectivity index (χ0v) is 32.2. The van der Waals surface area contributed by atoms with Gasteiger partial charge in [-0.25, -0.2) is 0 Å². The van der Waals surface area contributed by atoms with Crippen LogP contribution in [-0.2, 0) is 14.3 Å². The highest BCUT2D eigenvalue weighted by molar-refractivity contribution is 5.84. The maximum absolute atomic E-state index is 15.4. The summed E-state index contributed by atoms with van der Waals surface area (Å²) in [6, 6.07) is 3.63. The van der Waals surface area contributed by atoms with Gasteiger partial charge < -0.3 is 14.2 Å². The summed E-state index contributed by atoms with van der Waals surface area (Å²) in [5, 5.41) is 4.31. The molecular formula is C43H60N4O4. The molecule has 5 saturated carbocycles. The number of rotatable bonds is 5. The van der Waals surface area contributed by atoms with Crippen LogP contribution >= 0.6 is 0 Å². The summed E-state index contributed by atoms with van der Waals surface area (Å²) in [5.41, 5.74) is 2.18. The number of hydrogen-bond acceptors (Lipinski definition) is 7. The van der Waals surface area contributed by atoms with Crippen LogP contribution < -0.4 is 0 Å². The largest absolute Gasteiger partial charge is 0.462 e. The Bertz CT molecular complexity index is 1700. The molecular weight excluding hydrogens is 636 g/mol. The van der Waals surface area contributed by atoms with Gasteiger partial charge in [0.2, 0.25) is 17.6 Å². The van der Waals surface area contributed by atoms with E-state index in [9.17, 15) is 4.79 Å². The standard InChI is InChI=1S/C43H60N4O4/c1-26(2)29-15-20-43(38(49)47-24-10-12-31(47)37-45-36(46-51-37)28-11-9-23-44-25-28)22-21-41(7)30(35(29)43)13-14-33-40(6)18-17-34(50-27(3)48)39(4,5)32(40)16-19-42(33,41)8/h9,11,23,25,29-35H,1,10,12-22,24H2,2-8H3/t29-,30+,31?,32-,33+,34-,35+,40-,41+,42+,43-/m0/s1. The number of amides is 1. The molecule has 0 spiro atoms. The molecule has 5 aliphatic carbocycles. The number of likely N-dealkylation sites (tertiary alicyclic amines) is 1. The second-order valence-corrected chi connectivity index (χ2v) is 19.2. The number of carbonyl (C=O) groups excluding carboxylic acids is 2. The highest BCUT2D eigenvalue weighted by atomic mass is 16.5. The van der Waals surface area contributed by atoms with Crippen LogP contribution in [0, 0.1) is 56.7 Å². The second-order valence-electron chi connectivity index (χ2n) is 19.2. The Labute approximate surface area is 305 Å². The first-order valence-corrected chi connectivity index (χ1v) is 20.0. The molecule has 276 valence electrons. The van der Waals surface area contributed by atoms with Gasteiger partial charge in [0, 0.05) is 36.8 Å². The molecule has 8 nitrogen and oxygen atoms in total. The Kier molecular flexibility index (Phi) is 8.24. The quantitative estimate of drug-likeness (QED) is 0.227. The average molecular weight is 697 g/mol. The predicted octanol–water partition coefficient (Wildman–Crippen LogP) is 9.38. The molecule has 8 rings (SSSR count). The van der Waals surface area contributed by atoms with E-state index in [1.807, 2.05) is 12.1 Å². The minimum absolute atomic E-state index is 0.0102. The van der Waals surface area contributed by atoms with Crippen molar-refractivity contribution in [2.75, 3.05) is 6.54 Å². The number of pyridine rings is 1. The molecule has 2 aromatic rings. The van der Waals surface area contributed by atoms with Crippen LogP contribution in [0.5, 0.6) is 0 Å². The van der Waals surface area contributed by atoms with Gasteiger partial charge in [-0.15, -0.1) is 0 Å². The molecule has 0 bridgehead atoms. The molecule has 0 aromatic carbocycles. The van der Waals surface area contributed by atoms with Crippen LogP contribution in [0.2, 0.25) is 0 Å². The summed E-state index contributed by atoms with van der Waals surface area (Å²) >= 11 is 0. The average Bonchev–Trinajstić information content (AvgIpc) is 3.85. The monoisotopic (exact) mass is 696 g/mol. The lowest BCUT2D eigenvalue weighted by atomic mass is 9.32. The van der Waals surface area contributed by atoms with Crippen LogP contribution in [0.1, 0.15) is 137 Å². The maximum atomic E-state index is 15.4. The van der Waals surface area contributed by atoms with Crippen molar-refractivity contribution >= 4 is 11.9 Å². The molecule has 1 saturated heterocycles. The number of esters is 1. The van der Waals surface area contributed by atoms with Gasteiger partial charge in [-0.05, 0) is 142 Å². The fourth-order valence-corrected chi connectivity index (χ4v) is 14.4. The van der Waals surface area contributed by atoms with E-state index in [1.165, 1.54) is 31.3 Å². The molecule has 51 heavy (non-hydrogen) atoms. The van der Waals surface area contributed by atoms with E-state index >= 15 is 4.79 Å². The smallest absolute Gasteiger partial charge is 0.302 e. The third-order valence-corrected chi connectivity index (χ3v) is 16.9. The van der Waals surface area contributed by atoms with Crippen LogP contribution in [0.3, 0.4) is 0 Å². The molecule has 1 unspecified atom stereocenters. The third kappa shape index (κ3) is 4.92. The van der Waals surface area contributed by atoms with Crippen molar-refractivity contribution in [2.45, 2.75) is 138 Å². The van der Waals surface area contributed by atoms with Crippen molar-refractivity contribution in [3.8, 4) is 11.4 Å². The SMILES string of the molecule is C=C(C)[C@@H]1CC[C@]2(C(=O)N3CCCC3c3nc(-c4cccnc4)no3)CC[C@]3(C)[C@H](CC[C@@H]4[C@@]5(C)CC[C@H](OC(C)=O)C(C)(C)[C@@H]5CC[C@]43C)[C@@H]12. The fourth-order valence-electron chi connectivity index (χ4n) is 14.4. The van der Waals surface area contributed by atoms with Crippen LogP contribution in [0.25, 0.3) is 11.4 Å². The minimum Gasteiger partial charge on any atom is -0.462 e. The molecule has 0 radical (unpaired) electrons. The Morgan fingerprint density at radius 1 is 0.922 bits per heavy atom. The van der Waals surface area contributed by atoms with Gasteiger partial charge in [-0.3, -0.25) is 14.6 Å². The first-order chi connectivity index (χ1) is 24.2. The van der Waals surface area contributed by atoms with E-state index in [2.05, 4.69) is 63.2 Å². The summed E-state index contributed by atoms with van der Waals surface area (Å²) in [6.45, 7) is 21.7. The predicted molar refractivity (Wildman–Crippen MR) is 196 cm³/mol. The molecule has 0 N–H and O–H groups in total. The molecule has 1 amide bonds. The third-order valence-electron chi connectivity index (χ3n) is 16.9. The second kappa shape index (κ2) is 12.0. The number of carbonyl (C=O) groups is 2. The summed E-state index contributed by atoms with van der Waals surface area (Å²) in [7, 11) is 0. The van der Waals surface area contributed by atoms with Crippen molar-refractivity contribution in [2.24, 2.45) is 56.7 Å². The molecule has 8 heteroatoms. The Balaban J connectivity index is 1.11. The van der Waals surface area contributed by atoms with E-state index < -0.39 is 0 Å². The minimum atomic E-state index is -0.378. The normalized spacial score (nSPS) is 42.6. The summed E-state index contributed by atoms with van der Waals surface area (Å²) in [5.74, 6) is 3.54. The van der Waals surface area contributed by atoms with Gasteiger partial charge in [-0.2, -0.15) is 4.98 Å². The number of ether oxygens (including phenoxy) is 1. The summed E-state index contributed by atoms with van der Waals surface area (Å²) in [6.07, 6.45) is 16.2. The Morgan fingerprint density at radius 2 is 1.73 bits per heavy atom. The molecule has 6 fully saturated rings. The molecule has 11 atom stereocenters. The lowest BCUT2D eigenvalue weighted by Gasteiger charge is -2.73. The van der Waals surface area contributed by atoms with Crippen molar-refractivity contribution in [3.63, 3.8) is 0 Å². The fraction of sp³-hybridized carbons (Fsp3) is 0.744. The Hall–Kier alpha value is -3.03. The van der Waals surface area contributed by atoms with Gasteiger partial charge in [0.15, 0.2) is 0 Å². The summed E-state index contributed by atoms with van der Waals surface area (Å²) < 4.78 is 11.9. The first kappa shape index (κ1) is 35.0. The van der Waals surface area contributed by atoms with Gasteiger partial charge >= 0.3 is 5.97 Å². The molecule has 3 heterocycles. The topological polar surface area (TPSA) is 98.4 Å². The van der Waals surface area contributed by atoms with E-state index in [-0.39, 0.29) is 45.2 Å². The van der Waals surface area contributed by atoms with E-state index in [4.69, 9.17) is 14.2 Å². The zero-order valence-electron chi connectivity index (χ0n) is 32.2. The van der Waals surface area contributed by atoms with E-state index in [1.54, 1.807) is 19.3 Å². The maximum Gasteiger partial charge on any atom is 0.302 e. The van der Waals surface area contributed by atoms with Crippen molar-refractivity contribution in [1.29, 1.82) is 0 Å². The molecule has 1 aliphatic heterocycles. The van der Waals surface area contributed by atoms with Crippen molar-refractivity contribution in [1.82, 2.24) is 20.0 Å². The highest BCUT2D eigenvalue weighted by Gasteiger charge is 2.72. The summed E-state index contributed by atoms with van der Waals surface area (Å²) in [4.78, 5) is 38.7. The van der Waals surface area contributed by atoms with Gasteiger partial charge in [-0.1, -0.05) is 51.9 Å². The first-order valence-electron chi connectivity index (χ1n) is 20.0. The van der Waals surface area contributed by atoms with E-state index in [0.29, 0.717) is 47.2 Å². The van der Waals surface area contributed by atoms with E-state index in [0.717, 1.165) is 63.5 Å². The van der Waals surface area contributed by atoms with Crippen molar-refractivity contribution in [3.05, 3.63) is 42.6 Å². The van der Waals surface area contributed by atoms with Crippen molar-refractivity contribution < 1.29 is 18.8 Å². The zero-order chi connectivity index (χ0) is 36.1. The lowest BCUT2D eigenvalue weighted by Crippen LogP contribution is -2.67. The number of fused-ring (bicyclic) bond motifs is 7.